The Hall–Kier alpha value is -4.37. The van der Waals surface area contributed by atoms with Crippen LogP contribution in [0.4, 0.5) is 5.69 Å². The van der Waals surface area contributed by atoms with Gasteiger partial charge >= 0.3 is 5.97 Å². The van der Waals surface area contributed by atoms with Crippen molar-refractivity contribution in [1.29, 1.82) is 5.41 Å². The summed E-state index contributed by atoms with van der Waals surface area (Å²) in [4.78, 5) is 33.9. The first-order chi connectivity index (χ1) is 17.0. The highest BCUT2D eigenvalue weighted by Crippen LogP contribution is 2.31. The number of nitro groups is 1. The van der Waals surface area contributed by atoms with Crippen LogP contribution in [0.15, 0.2) is 60.7 Å². The third-order valence-electron chi connectivity index (χ3n) is 5.53. The number of para-hydroxylation sites is 2. The molecule has 37 heavy (non-hydrogen) atoms. The van der Waals surface area contributed by atoms with Gasteiger partial charge in [0.25, 0.3) is 5.69 Å². The van der Waals surface area contributed by atoms with Crippen molar-refractivity contribution in [2.24, 2.45) is 7.05 Å². The number of Topliss-reactive ketones (excluding diaryl/α,β-unsaturated/α-hetero) is 1. The van der Waals surface area contributed by atoms with Crippen molar-refractivity contribution in [3.63, 3.8) is 0 Å². The average molecular weight is 524 g/mol. The maximum atomic E-state index is 13.3. The molecule has 0 spiro atoms. The Labute approximate surface area is 219 Å². The minimum Gasteiger partial charge on any atom is -0.862 e. The molecule has 0 saturated heterocycles. The summed E-state index contributed by atoms with van der Waals surface area (Å²) < 4.78 is 7.83. The Kier molecular flexibility index (Phi) is 9.40. The number of carbonyl (C=O) groups is 2. The molecule has 0 bridgehead atoms. The fourth-order valence-corrected chi connectivity index (χ4v) is 4.01. The SMILES string of the molecule is CC(=O)CC(=N)[O-].Cc1cc([N+](=O)[O-])cc(C)c1OC(=O)c1c2ccccc2[n+](C)c2ccccc12.Cl. The van der Waals surface area contributed by atoms with Gasteiger partial charge in [-0.15, -0.1) is 12.4 Å². The number of benzene rings is 3. The van der Waals surface area contributed by atoms with Crippen molar-refractivity contribution < 1.29 is 28.9 Å². The second kappa shape index (κ2) is 12.0. The number of halogens is 1. The molecule has 0 aliphatic carbocycles. The van der Waals surface area contributed by atoms with E-state index in [4.69, 9.17) is 10.1 Å². The molecule has 0 aliphatic heterocycles. The molecule has 1 N–H and O–H groups in total. The Morgan fingerprint density at radius 1 is 0.973 bits per heavy atom. The smallest absolute Gasteiger partial charge is 0.345 e. The van der Waals surface area contributed by atoms with Gasteiger partial charge in [0.15, 0.2) is 0 Å². The van der Waals surface area contributed by atoms with Crippen molar-refractivity contribution in [2.45, 2.75) is 27.2 Å². The zero-order valence-corrected chi connectivity index (χ0v) is 21.5. The number of aromatic nitrogens is 1. The summed E-state index contributed by atoms with van der Waals surface area (Å²) in [6.07, 6.45) is -0.250. The second-order valence-electron chi connectivity index (χ2n) is 8.33. The van der Waals surface area contributed by atoms with Crippen LogP contribution in [0.1, 0.15) is 34.8 Å². The normalized spacial score (nSPS) is 10.2. The first-order valence-corrected chi connectivity index (χ1v) is 11.0. The molecule has 1 heterocycles. The lowest BCUT2D eigenvalue weighted by Gasteiger charge is -2.13. The Balaban J connectivity index is 0.000000532. The minimum absolute atomic E-state index is 0. The number of aryl methyl sites for hydroxylation is 3. The van der Waals surface area contributed by atoms with E-state index in [-0.39, 0.29) is 30.3 Å². The highest BCUT2D eigenvalue weighted by atomic mass is 35.5. The number of fused-ring (bicyclic) bond motifs is 2. The summed E-state index contributed by atoms with van der Waals surface area (Å²) in [7, 11) is 1.96. The molecule has 0 unspecified atom stereocenters. The number of ketones is 1. The Morgan fingerprint density at radius 2 is 1.43 bits per heavy atom. The molecule has 4 aromatic rings. The van der Waals surface area contributed by atoms with E-state index >= 15 is 0 Å². The number of nitro benzene ring substituents is 1. The number of carbonyl (C=O) groups excluding carboxylic acids is 2. The zero-order chi connectivity index (χ0) is 26.6. The standard InChI is InChI=1S/C23H19N2O4.C4H7NO2.ClH/c1-14-12-16(25(27)28)13-15(2)22(14)29-23(26)21-17-8-4-6-10-19(17)24(3)20-11-7-5-9-18(20)21;1-3(6)2-4(5)7;/h4-13H,1-3H3;2H2,1H3,(H2,5,7);1H/q+1;;/p-1. The topological polar surface area (TPSA) is 137 Å². The van der Waals surface area contributed by atoms with Crippen LogP contribution in [0, 0.1) is 29.4 Å². The lowest BCUT2D eigenvalue weighted by atomic mass is 10.0. The van der Waals surface area contributed by atoms with Crippen molar-refractivity contribution in [2.75, 3.05) is 0 Å². The van der Waals surface area contributed by atoms with Crippen molar-refractivity contribution in [1.82, 2.24) is 0 Å². The molecule has 0 amide bonds. The molecule has 4 rings (SSSR count). The first kappa shape index (κ1) is 28.9. The number of pyridine rings is 1. The molecule has 3 aromatic carbocycles. The van der Waals surface area contributed by atoms with Gasteiger partial charge in [0, 0.05) is 30.7 Å². The number of non-ortho nitro benzene ring substituents is 1. The molecule has 0 aliphatic rings. The molecule has 9 nitrogen and oxygen atoms in total. The van der Waals surface area contributed by atoms with Gasteiger partial charge in [0.2, 0.25) is 11.0 Å². The highest BCUT2D eigenvalue weighted by molar-refractivity contribution is 6.13. The predicted octanol–water partition coefficient (Wildman–Crippen LogP) is 4.29. The van der Waals surface area contributed by atoms with Crippen molar-refractivity contribution in [3.05, 3.63) is 87.5 Å². The van der Waals surface area contributed by atoms with Crippen LogP contribution in [0.3, 0.4) is 0 Å². The molecule has 192 valence electrons. The van der Waals surface area contributed by atoms with E-state index in [1.165, 1.54) is 19.1 Å². The van der Waals surface area contributed by atoms with Crippen LogP contribution in [-0.2, 0) is 11.8 Å². The number of nitrogens with zero attached hydrogens (tertiary/aromatic N) is 2. The number of hydrogen-bond acceptors (Lipinski definition) is 7. The number of ether oxygens (including phenoxy) is 1. The number of esters is 1. The van der Waals surface area contributed by atoms with Gasteiger partial charge < -0.3 is 15.3 Å². The molecule has 0 fully saturated rings. The van der Waals surface area contributed by atoms with E-state index < -0.39 is 16.8 Å². The summed E-state index contributed by atoms with van der Waals surface area (Å²) >= 11 is 0. The zero-order valence-electron chi connectivity index (χ0n) is 20.7. The fraction of sp³-hybridized carbons (Fsp3) is 0.185. The fourth-order valence-electron chi connectivity index (χ4n) is 4.01. The van der Waals surface area contributed by atoms with Crippen LogP contribution >= 0.6 is 12.4 Å². The Morgan fingerprint density at radius 3 is 1.81 bits per heavy atom. The van der Waals surface area contributed by atoms with Gasteiger partial charge in [-0.25, -0.2) is 4.79 Å². The van der Waals surface area contributed by atoms with E-state index in [0.717, 1.165) is 21.8 Å². The van der Waals surface area contributed by atoms with Gasteiger partial charge in [-0.2, -0.15) is 4.57 Å². The quantitative estimate of drug-likeness (QED) is 0.0605. The molecular formula is C27H26ClN3O6. The molecule has 0 radical (unpaired) electrons. The van der Waals surface area contributed by atoms with E-state index in [0.29, 0.717) is 22.4 Å². The monoisotopic (exact) mass is 523 g/mol. The molecule has 0 saturated carbocycles. The summed E-state index contributed by atoms with van der Waals surface area (Å²) in [6, 6.07) is 18.2. The summed E-state index contributed by atoms with van der Waals surface area (Å²) in [6.45, 7) is 4.68. The number of hydrogen-bond donors (Lipinski definition) is 1. The van der Waals surface area contributed by atoms with Gasteiger partial charge in [0.05, 0.1) is 21.3 Å². The number of nitrogens with one attached hydrogen (secondary N) is 1. The van der Waals surface area contributed by atoms with Gasteiger partial charge in [-0.05, 0) is 49.9 Å². The minimum atomic E-state index is -0.812. The molecule has 0 atom stereocenters. The van der Waals surface area contributed by atoms with Crippen molar-refractivity contribution >= 4 is 57.6 Å². The van der Waals surface area contributed by atoms with Crippen molar-refractivity contribution in [3.8, 4) is 5.75 Å². The maximum absolute atomic E-state index is 13.3. The average Bonchev–Trinajstić information content (AvgIpc) is 2.81. The molecule has 10 heteroatoms. The number of rotatable bonds is 5. The summed E-state index contributed by atoms with van der Waals surface area (Å²) in [5.41, 5.74) is 3.36. The van der Waals surface area contributed by atoms with E-state index in [9.17, 15) is 24.8 Å². The van der Waals surface area contributed by atoms with E-state index in [1.807, 2.05) is 60.1 Å². The third-order valence-corrected chi connectivity index (χ3v) is 5.53. The lowest BCUT2D eigenvalue weighted by molar-refractivity contribution is -0.617. The third kappa shape index (κ3) is 6.45. The van der Waals surface area contributed by atoms with Crippen LogP contribution in [0.5, 0.6) is 5.75 Å². The van der Waals surface area contributed by atoms with Gasteiger partial charge in [0.1, 0.15) is 18.6 Å². The predicted molar refractivity (Wildman–Crippen MR) is 140 cm³/mol. The van der Waals surface area contributed by atoms with Crippen LogP contribution < -0.4 is 14.4 Å². The van der Waals surface area contributed by atoms with Crippen LogP contribution in [0.2, 0.25) is 0 Å². The summed E-state index contributed by atoms with van der Waals surface area (Å²) in [5, 5.41) is 28.6. The van der Waals surface area contributed by atoms with Gasteiger partial charge in [-0.1, -0.05) is 24.3 Å². The summed E-state index contributed by atoms with van der Waals surface area (Å²) in [5.74, 6) is -1.20. The Bertz CT molecular complexity index is 1440. The molecule has 1 aromatic heterocycles. The van der Waals surface area contributed by atoms with Crippen LogP contribution in [0.25, 0.3) is 21.8 Å². The van der Waals surface area contributed by atoms with Crippen LogP contribution in [-0.4, -0.2) is 22.6 Å². The molecular weight excluding hydrogens is 498 g/mol. The largest absolute Gasteiger partial charge is 0.862 e. The second-order valence-corrected chi connectivity index (χ2v) is 8.33. The highest BCUT2D eigenvalue weighted by Gasteiger charge is 2.25. The maximum Gasteiger partial charge on any atom is 0.345 e. The van der Waals surface area contributed by atoms with E-state index in [2.05, 4.69) is 0 Å². The van der Waals surface area contributed by atoms with E-state index in [1.54, 1.807) is 13.8 Å². The first-order valence-electron chi connectivity index (χ1n) is 11.0. The van der Waals surface area contributed by atoms with Gasteiger partial charge in [-0.3, -0.25) is 14.9 Å². The lowest BCUT2D eigenvalue weighted by Crippen LogP contribution is -2.31.